The summed E-state index contributed by atoms with van der Waals surface area (Å²) >= 11 is 0. The van der Waals surface area contributed by atoms with Gasteiger partial charge >= 0.3 is 0 Å². The molecule has 9 heteroatoms. The quantitative estimate of drug-likeness (QED) is 0.215. The van der Waals surface area contributed by atoms with Crippen molar-refractivity contribution >= 4 is 40.8 Å². The fourth-order valence-corrected chi connectivity index (χ4v) is 4.11. The summed E-state index contributed by atoms with van der Waals surface area (Å²) in [5.41, 5.74) is 6.84. The third-order valence-corrected chi connectivity index (χ3v) is 5.67. The van der Waals surface area contributed by atoms with E-state index in [0.29, 0.717) is 23.3 Å². The molecule has 1 heterocycles. The highest BCUT2D eigenvalue weighted by atomic mass is 16.5. The molecular weight excluding hydrogens is 478 g/mol. The van der Waals surface area contributed by atoms with E-state index in [-0.39, 0.29) is 11.9 Å². The molecule has 4 rings (SSSR count). The van der Waals surface area contributed by atoms with Crippen LogP contribution < -0.4 is 26.0 Å². The third-order valence-electron chi connectivity index (χ3n) is 5.67. The minimum absolute atomic E-state index is 0.244. The fourth-order valence-electron chi connectivity index (χ4n) is 4.11. The van der Waals surface area contributed by atoms with Crippen molar-refractivity contribution in [2.45, 2.75) is 40.7 Å². The summed E-state index contributed by atoms with van der Waals surface area (Å²) in [5, 5.41) is 12.5. The highest BCUT2D eigenvalue weighted by Crippen LogP contribution is 2.23. The van der Waals surface area contributed by atoms with E-state index in [1.807, 2.05) is 64.1 Å². The standard InChI is InChI=1S/C29H33N7O2/c1-17-10-18(2)13-23(12-17)32-28-34-27(35-29(36-28)33-24-14-19(3)11-20(4)15-24)30-21(5)26(37)31-22-8-7-9-25(16-22)38-6/h7-16,21H,1-6H3,(H,31,37)(H3,30,32,33,34,35,36)/t21-/m1/s1. The highest BCUT2D eigenvalue weighted by Gasteiger charge is 2.17. The van der Waals surface area contributed by atoms with E-state index in [0.717, 1.165) is 33.6 Å². The number of aryl methyl sites for hydroxylation is 4. The highest BCUT2D eigenvalue weighted by molar-refractivity contribution is 5.96. The molecule has 1 aromatic heterocycles. The van der Waals surface area contributed by atoms with Crippen molar-refractivity contribution < 1.29 is 9.53 Å². The molecule has 0 bridgehead atoms. The van der Waals surface area contributed by atoms with E-state index in [2.05, 4.69) is 48.4 Å². The van der Waals surface area contributed by atoms with Gasteiger partial charge in [0.2, 0.25) is 23.8 Å². The number of ether oxygens (including phenoxy) is 1. The number of hydrogen-bond acceptors (Lipinski definition) is 8. The molecule has 38 heavy (non-hydrogen) atoms. The zero-order valence-corrected chi connectivity index (χ0v) is 22.5. The molecule has 1 amide bonds. The Kier molecular flexibility index (Phi) is 8.06. The summed E-state index contributed by atoms with van der Waals surface area (Å²) in [5.74, 6) is 1.36. The zero-order chi connectivity index (χ0) is 27.2. The second-order valence-electron chi connectivity index (χ2n) is 9.40. The van der Waals surface area contributed by atoms with Crippen LogP contribution in [-0.4, -0.2) is 34.0 Å². The van der Waals surface area contributed by atoms with Crippen molar-refractivity contribution in [1.29, 1.82) is 0 Å². The van der Waals surface area contributed by atoms with Crippen LogP contribution in [0.25, 0.3) is 0 Å². The number of methoxy groups -OCH3 is 1. The summed E-state index contributed by atoms with van der Waals surface area (Å²) in [7, 11) is 1.58. The van der Waals surface area contributed by atoms with Crippen LogP contribution in [0.5, 0.6) is 5.75 Å². The first-order chi connectivity index (χ1) is 18.2. The Morgan fingerprint density at radius 2 is 1.21 bits per heavy atom. The number of amides is 1. The van der Waals surface area contributed by atoms with Crippen LogP contribution in [0.1, 0.15) is 29.2 Å². The first-order valence-corrected chi connectivity index (χ1v) is 12.3. The topological polar surface area (TPSA) is 113 Å². The summed E-state index contributed by atoms with van der Waals surface area (Å²) in [6, 6.07) is 18.8. The average molecular weight is 512 g/mol. The Balaban J connectivity index is 1.59. The SMILES string of the molecule is COc1cccc(NC(=O)[C@@H](C)Nc2nc(Nc3cc(C)cc(C)c3)nc(Nc3cc(C)cc(C)c3)n2)c1. The summed E-state index contributed by atoms with van der Waals surface area (Å²) in [6.07, 6.45) is 0. The van der Waals surface area contributed by atoms with Gasteiger partial charge in [-0.15, -0.1) is 0 Å². The van der Waals surface area contributed by atoms with Gasteiger partial charge in [-0.1, -0.05) is 18.2 Å². The molecule has 196 valence electrons. The minimum atomic E-state index is -0.633. The molecule has 4 N–H and O–H groups in total. The van der Waals surface area contributed by atoms with Gasteiger partial charge in [0.25, 0.3) is 0 Å². The second kappa shape index (κ2) is 11.6. The molecule has 3 aromatic carbocycles. The van der Waals surface area contributed by atoms with Crippen LogP contribution in [0.15, 0.2) is 60.7 Å². The average Bonchev–Trinajstić information content (AvgIpc) is 2.82. The van der Waals surface area contributed by atoms with Crippen molar-refractivity contribution in [2.75, 3.05) is 28.4 Å². The van der Waals surface area contributed by atoms with Gasteiger partial charge in [0.05, 0.1) is 7.11 Å². The van der Waals surface area contributed by atoms with E-state index in [9.17, 15) is 4.79 Å². The molecule has 0 aliphatic carbocycles. The van der Waals surface area contributed by atoms with Crippen molar-refractivity contribution in [3.63, 3.8) is 0 Å². The zero-order valence-electron chi connectivity index (χ0n) is 22.5. The maximum Gasteiger partial charge on any atom is 0.246 e. The third kappa shape index (κ3) is 7.19. The Morgan fingerprint density at radius 1 is 0.711 bits per heavy atom. The molecule has 0 aliphatic rings. The molecule has 4 aromatic rings. The maximum absolute atomic E-state index is 12.9. The first-order valence-electron chi connectivity index (χ1n) is 12.3. The number of nitrogens with one attached hydrogen (secondary N) is 4. The van der Waals surface area contributed by atoms with E-state index >= 15 is 0 Å². The fraction of sp³-hybridized carbons (Fsp3) is 0.241. The van der Waals surface area contributed by atoms with Gasteiger partial charge in [0.1, 0.15) is 11.8 Å². The molecule has 1 atom stereocenters. The summed E-state index contributed by atoms with van der Waals surface area (Å²) < 4.78 is 5.24. The number of carbonyl (C=O) groups excluding carboxylic acids is 1. The van der Waals surface area contributed by atoms with Gasteiger partial charge in [0, 0.05) is 23.1 Å². The van der Waals surface area contributed by atoms with E-state index in [1.165, 1.54) is 0 Å². The number of anilines is 6. The Bertz CT molecular complexity index is 1340. The van der Waals surface area contributed by atoms with Gasteiger partial charge < -0.3 is 26.0 Å². The predicted molar refractivity (Wildman–Crippen MR) is 153 cm³/mol. The molecule has 0 saturated heterocycles. The molecule has 0 radical (unpaired) electrons. The molecular formula is C29H33N7O2. The van der Waals surface area contributed by atoms with Crippen molar-refractivity contribution in [2.24, 2.45) is 0 Å². The van der Waals surface area contributed by atoms with Crippen LogP contribution in [-0.2, 0) is 4.79 Å². The van der Waals surface area contributed by atoms with Crippen LogP contribution in [0, 0.1) is 27.7 Å². The van der Waals surface area contributed by atoms with Gasteiger partial charge in [-0.2, -0.15) is 15.0 Å². The van der Waals surface area contributed by atoms with Crippen LogP contribution >= 0.6 is 0 Å². The molecule has 9 nitrogen and oxygen atoms in total. The lowest BCUT2D eigenvalue weighted by molar-refractivity contribution is -0.116. The van der Waals surface area contributed by atoms with Gasteiger partial charge in [-0.3, -0.25) is 4.79 Å². The predicted octanol–water partition coefficient (Wildman–Crippen LogP) is 6.04. The maximum atomic E-state index is 12.9. The van der Waals surface area contributed by atoms with Crippen LogP contribution in [0.3, 0.4) is 0 Å². The Hall–Kier alpha value is -4.66. The largest absolute Gasteiger partial charge is 0.497 e. The van der Waals surface area contributed by atoms with E-state index in [1.54, 1.807) is 26.2 Å². The molecule has 0 aliphatic heterocycles. The van der Waals surface area contributed by atoms with Crippen LogP contribution in [0.4, 0.5) is 34.9 Å². The van der Waals surface area contributed by atoms with Gasteiger partial charge in [-0.25, -0.2) is 0 Å². The number of rotatable bonds is 9. The Labute approximate surface area is 223 Å². The van der Waals surface area contributed by atoms with Gasteiger partial charge in [-0.05, 0) is 93.3 Å². The second-order valence-corrected chi connectivity index (χ2v) is 9.40. The number of benzene rings is 3. The molecule has 0 saturated carbocycles. The Morgan fingerprint density at radius 3 is 1.71 bits per heavy atom. The van der Waals surface area contributed by atoms with E-state index in [4.69, 9.17) is 4.74 Å². The number of aromatic nitrogens is 3. The van der Waals surface area contributed by atoms with E-state index < -0.39 is 6.04 Å². The van der Waals surface area contributed by atoms with Crippen molar-refractivity contribution in [3.05, 3.63) is 82.9 Å². The lowest BCUT2D eigenvalue weighted by Gasteiger charge is -2.16. The summed E-state index contributed by atoms with van der Waals surface area (Å²) in [6.45, 7) is 9.89. The molecule has 0 spiro atoms. The van der Waals surface area contributed by atoms with Crippen LogP contribution in [0.2, 0.25) is 0 Å². The molecule has 0 fully saturated rings. The lowest BCUT2D eigenvalue weighted by Crippen LogP contribution is -2.32. The number of carbonyl (C=O) groups is 1. The van der Waals surface area contributed by atoms with Crippen molar-refractivity contribution in [1.82, 2.24) is 15.0 Å². The first kappa shape index (κ1) is 26.4. The summed E-state index contributed by atoms with van der Waals surface area (Å²) in [4.78, 5) is 26.6. The normalized spacial score (nSPS) is 11.4. The molecule has 0 unspecified atom stereocenters. The van der Waals surface area contributed by atoms with Gasteiger partial charge in [0.15, 0.2) is 0 Å². The monoisotopic (exact) mass is 511 g/mol. The number of nitrogens with zero attached hydrogens (tertiary/aromatic N) is 3. The minimum Gasteiger partial charge on any atom is -0.497 e. The smallest absolute Gasteiger partial charge is 0.246 e. The lowest BCUT2D eigenvalue weighted by atomic mass is 10.1. The number of hydrogen-bond donors (Lipinski definition) is 4. The van der Waals surface area contributed by atoms with Crippen molar-refractivity contribution in [3.8, 4) is 5.75 Å².